The molecule has 0 spiro atoms. The molecule has 0 radical (unpaired) electrons. The topological polar surface area (TPSA) is 25.8 Å². The molecule has 0 amide bonds. The molecule has 0 unspecified atom stereocenters. The summed E-state index contributed by atoms with van der Waals surface area (Å²) >= 11 is 11.9. The van der Waals surface area contributed by atoms with Crippen LogP contribution in [-0.2, 0) is 12.8 Å². The van der Waals surface area contributed by atoms with Crippen molar-refractivity contribution in [1.82, 2.24) is 9.97 Å². The van der Waals surface area contributed by atoms with Gasteiger partial charge in [-0.3, -0.25) is 0 Å². The van der Waals surface area contributed by atoms with Crippen molar-refractivity contribution in [1.29, 1.82) is 0 Å². The Balaban J connectivity index is 2.30. The zero-order valence-corrected chi connectivity index (χ0v) is 15.0. The highest BCUT2D eigenvalue weighted by Crippen LogP contribution is 2.22. The third-order valence-electron chi connectivity index (χ3n) is 2.66. The fourth-order valence-corrected chi connectivity index (χ4v) is 2.99. The normalized spacial score (nSPS) is 10.7. The molecular weight excluding hydrogens is 438 g/mol. The highest BCUT2D eigenvalue weighted by Gasteiger charge is 2.10. The van der Waals surface area contributed by atoms with Crippen LogP contribution in [0.3, 0.4) is 0 Å². The van der Waals surface area contributed by atoms with Gasteiger partial charge in [0.1, 0.15) is 11.0 Å². The predicted molar refractivity (Wildman–Crippen MR) is 90.7 cm³/mol. The van der Waals surface area contributed by atoms with Gasteiger partial charge in [-0.15, -0.1) is 0 Å². The third-order valence-corrected chi connectivity index (χ3v) is 4.88. The highest BCUT2D eigenvalue weighted by molar-refractivity contribution is 14.1. The predicted octanol–water partition coefficient (Wildman–Crippen LogP) is 5.04. The first kappa shape index (κ1) is 15.2. The molecule has 0 bridgehead atoms. The maximum absolute atomic E-state index is 6.18. The fraction of sp³-hybridized carbons (Fsp3) is 0.286. The minimum Gasteiger partial charge on any atom is -0.236 e. The van der Waals surface area contributed by atoms with Crippen LogP contribution in [-0.4, -0.2) is 9.97 Å². The van der Waals surface area contributed by atoms with Crippen LogP contribution in [0.1, 0.15) is 30.4 Å². The summed E-state index contributed by atoms with van der Waals surface area (Å²) in [5.41, 5.74) is 2.22. The molecule has 1 aromatic heterocycles. The molecule has 0 saturated heterocycles. The Hall–Kier alpha value is -0.200. The fourth-order valence-electron chi connectivity index (χ4n) is 1.82. The highest BCUT2D eigenvalue weighted by atomic mass is 127. The average molecular weight is 452 g/mol. The number of aryl methyl sites for hydroxylation is 1. The molecule has 1 heterocycles. The van der Waals surface area contributed by atoms with Crippen molar-refractivity contribution in [2.45, 2.75) is 26.2 Å². The monoisotopic (exact) mass is 450 g/mol. The van der Waals surface area contributed by atoms with E-state index in [1.54, 1.807) is 0 Å². The van der Waals surface area contributed by atoms with E-state index in [1.165, 1.54) is 5.56 Å². The van der Waals surface area contributed by atoms with Gasteiger partial charge in [0.2, 0.25) is 0 Å². The van der Waals surface area contributed by atoms with Crippen molar-refractivity contribution in [2.24, 2.45) is 0 Å². The van der Waals surface area contributed by atoms with Gasteiger partial charge >= 0.3 is 0 Å². The molecule has 1 aromatic carbocycles. The number of halogens is 3. The lowest BCUT2D eigenvalue weighted by atomic mass is 10.1. The van der Waals surface area contributed by atoms with Crippen LogP contribution < -0.4 is 0 Å². The number of hydrogen-bond donors (Lipinski definition) is 0. The van der Waals surface area contributed by atoms with Crippen LogP contribution in [0.4, 0.5) is 0 Å². The SMILES string of the molecule is CCCc1nc(Cc2cccc(Br)c2)nc(Cl)c1I. The van der Waals surface area contributed by atoms with E-state index >= 15 is 0 Å². The number of rotatable bonds is 4. The first-order valence-corrected chi connectivity index (χ1v) is 8.30. The Morgan fingerprint density at radius 1 is 1.32 bits per heavy atom. The molecule has 100 valence electrons. The van der Waals surface area contributed by atoms with Gasteiger partial charge in [0.05, 0.1) is 9.26 Å². The Bertz CT molecular complexity index is 590. The zero-order valence-electron chi connectivity index (χ0n) is 10.5. The molecule has 0 aliphatic heterocycles. The largest absolute Gasteiger partial charge is 0.236 e. The summed E-state index contributed by atoms with van der Waals surface area (Å²) in [5.74, 6) is 0.784. The summed E-state index contributed by atoms with van der Waals surface area (Å²) in [6.45, 7) is 2.14. The number of benzene rings is 1. The summed E-state index contributed by atoms with van der Waals surface area (Å²) < 4.78 is 2.04. The van der Waals surface area contributed by atoms with Gasteiger partial charge < -0.3 is 0 Å². The average Bonchev–Trinajstić information content (AvgIpc) is 2.35. The number of nitrogens with zero attached hydrogens (tertiary/aromatic N) is 2. The molecule has 2 nitrogen and oxygen atoms in total. The molecule has 2 rings (SSSR count). The number of aromatic nitrogens is 2. The van der Waals surface area contributed by atoms with Crippen LogP contribution in [0.5, 0.6) is 0 Å². The van der Waals surface area contributed by atoms with Crippen molar-refractivity contribution in [2.75, 3.05) is 0 Å². The van der Waals surface area contributed by atoms with Crippen molar-refractivity contribution in [3.05, 3.63) is 54.5 Å². The summed E-state index contributed by atoms with van der Waals surface area (Å²) in [6, 6.07) is 8.17. The Labute approximate surface area is 140 Å². The van der Waals surface area contributed by atoms with E-state index in [0.717, 1.165) is 32.4 Å². The van der Waals surface area contributed by atoms with E-state index in [2.05, 4.69) is 67.5 Å². The summed E-state index contributed by atoms with van der Waals surface area (Å²) in [5, 5.41) is 0.559. The van der Waals surface area contributed by atoms with Gasteiger partial charge in [-0.1, -0.05) is 53.0 Å². The minimum atomic E-state index is 0.559. The lowest BCUT2D eigenvalue weighted by molar-refractivity contribution is 0.833. The van der Waals surface area contributed by atoms with E-state index in [-0.39, 0.29) is 0 Å². The van der Waals surface area contributed by atoms with Crippen molar-refractivity contribution in [3.8, 4) is 0 Å². The molecule has 0 saturated carbocycles. The molecule has 0 atom stereocenters. The van der Waals surface area contributed by atoms with Gasteiger partial charge in [-0.25, -0.2) is 9.97 Å². The number of hydrogen-bond acceptors (Lipinski definition) is 2. The molecule has 2 aromatic rings. The van der Waals surface area contributed by atoms with E-state index in [9.17, 15) is 0 Å². The van der Waals surface area contributed by atoms with Crippen LogP contribution in [0.25, 0.3) is 0 Å². The lowest BCUT2D eigenvalue weighted by Gasteiger charge is -2.08. The molecule has 5 heteroatoms. The van der Waals surface area contributed by atoms with Crippen LogP contribution in [0.15, 0.2) is 28.7 Å². The Morgan fingerprint density at radius 3 is 2.79 bits per heavy atom. The maximum atomic E-state index is 6.18. The summed E-state index contributed by atoms with van der Waals surface area (Å²) in [6.07, 6.45) is 2.69. The second-order valence-electron chi connectivity index (χ2n) is 4.25. The minimum absolute atomic E-state index is 0.559. The van der Waals surface area contributed by atoms with Crippen molar-refractivity contribution < 1.29 is 0 Å². The molecule has 0 aliphatic rings. The first-order valence-electron chi connectivity index (χ1n) is 6.05. The smallest absolute Gasteiger partial charge is 0.146 e. The molecule has 0 N–H and O–H groups in total. The van der Waals surface area contributed by atoms with Crippen molar-refractivity contribution >= 4 is 50.1 Å². The molecule has 0 aliphatic carbocycles. The lowest BCUT2D eigenvalue weighted by Crippen LogP contribution is -2.04. The van der Waals surface area contributed by atoms with Gasteiger partial charge in [-0.05, 0) is 46.7 Å². The Morgan fingerprint density at radius 2 is 2.11 bits per heavy atom. The molecule has 0 fully saturated rings. The molecule has 19 heavy (non-hydrogen) atoms. The zero-order chi connectivity index (χ0) is 13.8. The molecular formula is C14H13BrClIN2. The van der Waals surface area contributed by atoms with Crippen molar-refractivity contribution in [3.63, 3.8) is 0 Å². The standard InChI is InChI=1S/C14H13BrClIN2/c1-2-4-11-13(17)14(16)19-12(18-11)8-9-5-3-6-10(15)7-9/h3,5-7H,2,4,8H2,1H3. The maximum Gasteiger partial charge on any atom is 0.146 e. The summed E-state index contributed by atoms with van der Waals surface area (Å²) in [4.78, 5) is 9.00. The van der Waals surface area contributed by atoms with Gasteiger partial charge in [0.15, 0.2) is 0 Å². The first-order chi connectivity index (χ1) is 9.10. The van der Waals surface area contributed by atoms with Gasteiger partial charge in [0.25, 0.3) is 0 Å². The van der Waals surface area contributed by atoms with Gasteiger partial charge in [0, 0.05) is 10.9 Å². The quantitative estimate of drug-likeness (QED) is 0.481. The third kappa shape index (κ3) is 4.13. The van der Waals surface area contributed by atoms with Gasteiger partial charge in [-0.2, -0.15) is 0 Å². The Kier molecular flexibility index (Phi) is 5.59. The van der Waals surface area contributed by atoms with E-state index < -0.39 is 0 Å². The second-order valence-corrected chi connectivity index (χ2v) is 6.60. The second kappa shape index (κ2) is 6.99. The van der Waals surface area contributed by atoms with Crippen LogP contribution in [0, 0.1) is 3.57 Å². The van der Waals surface area contributed by atoms with Crippen LogP contribution >= 0.6 is 50.1 Å². The van der Waals surface area contributed by atoms with Crippen LogP contribution in [0.2, 0.25) is 5.15 Å². The van der Waals surface area contributed by atoms with E-state index in [4.69, 9.17) is 11.6 Å². The summed E-state index contributed by atoms with van der Waals surface area (Å²) in [7, 11) is 0. The van der Waals surface area contributed by atoms with E-state index in [0.29, 0.717) is 11.6 Å². The van der Waals surface area contributed by atoms with E-state index in [1.807, 2.05) is 12.1 Å².